The van der Waals surface area contributed by atoms with E-state index in [1.54, 1.807) is 18.2 Å². The van der Waals surface area contributed by atoms with E-state index in [1.807, 2.05) is 32.9 Å². The van der Waals surface area contributed by atoms with Crippen molar-refractivity contribution in [3.8, 4) is 6.07 Å². The highest BCUT2D eigenvalue weighted by Gasteiger charge is 2.44. The van der Waals surface area contributed by atoms with Gasteiger partial charge in [-0.3, -0.25) is 4.72 Å². The van der Waals surface area contributed by atoms with Gasteiger partial charge in [-0.2, -0.15) is 5.26 Å². The normalized spacial score (nSPS) is 21.6. The highest BCUT2D eigenvalue weighted by molar-refractivity contribution is 7.92. The van der Waals surface area contributed by atoms with Crippen molar-refractivity contribution in [1.29, 1.82) is 5.26 Å². The summed E-state index contributed by atoms with van der Waals surface area (Å²) in [6.07, 6.45) is 5.37. The van der Waals surface area contributed by atoms with Crippen LogP contribution in [0.1, 0.15) is 76.3 Å². The molecule has 196 valence electrons. The van der Waals surface area contributed by atoms with Gasteiger partial charge in [-0.05, 0) is 66.6 Å². The summed E-state index contributed by atoms with van der Waals surface area (Å²) in [6, 6.07) is 14.6. The van der Waals surface area contributed by atoms with Crippen LogP contribution in [0.25, 0.3) is 0 Å². The number of aliphatic hydroxyl groups excluding tert-OH is 1. The fourth-order valence-corrected chi connectivity index (χ4v) is 6.53. The van der Waals surface area contributed by atoms with E-state index in [-0.39, 0.29) is 28.2 Å². The molecule has 2 aromatic carbocycles. The Balaban J connectivity index is 1.70. The number of rotatable bonds is 5. The average molecular weight is 523 g/mol. The van der Waals surface area contributed by atoms with Gasteiger partial charge in [0.15, 0.2) is 0 Å². The first-order valence-corrected chi connectivity index (χ1v) is 14.3. The Hall–Kier alpha value is -3.31. The van der Waals surface area contributed by atoms with E-state index in [0.29, 0.717) is 16.8 Å². The second-order valence-electron chi connectivity index (χ2n) is 11.0. The van der Waals surface area contributed by atoms with E-state index in [4.69, 9.17) is 10.00 Å². The minimum atomic E-state index is -3.90. The van der Waals surface area contributed by atoms with Crippen LogP contribution in [0.3, 0.4) is 0 Å². The Labute approximate surface area is 219 Å². The van der Waals surface area contributed by atoms with Gasteiger partial charge in [-0.25, -0.2) is 13.2 Å². The number of hydrogen-bond donors (Lipinski definition) is 2. The van der Waals surface area contributed by atoms with E-state index < -0.39 is 27.3 Å². The number of carbonyl (C=O) groups is 1. The predicted octanol–water partition coefficient (Wildman–Crippen LogP) is 6.20. The van der Waals surface area contributed by atoms with E-state index in [0.717, 1.165) is 38.5 Å². The van der Waals surface area contributed by atoms with Crippen molar-refractivity contribution in [2.24, 2.45) is 11.3 Å². The first-order chi connectivity index (χ1) is 17.5. The first kappa shape index (κ1) is 26.7. The monoisotopic (exact) mass is 522 g/mol. The van der Waals surface area contributed by atoms with E-state index in [1.165, 1.54) is 24.3 Å². The maximum absolute atomic E-state index is 13.3. The number of nitrogens with zero attached hydrogens (tertiary/aromatic N) is 1. The Morgan fingerprint density at radius 1 is 1.05 bits per heavy atom. The number of ether oxygens (including phenoxy) is 1. The van der Waals surface area contributed by atoms with Crippen molar-refractivity contribution in [2.75, 3.05) is 4.72 Å². The molecule has 0 spiro atoms. The minimum absolute atomic E-state index is 0.0378. The van der Waals surface area contributed by atoms with Crippen LogP contribution in [-0.2, 0) is 19.6 Å². The summed E-state index contributed by atoms with van der Waals surface area (Å²) in [5, 5.41) is 20.4. The summed E-state index contributed by atoms with van der Waals surface area (Å²) in [4.78, 5) is 13.3. The van der Waals surface area contributed by atoms with Crippen LogP contribution in [-0.4, -0.2) is 25.6 Å². The van der Waals surface area contributed by atoms with Crippen LogP contribution in [0.4, 0.5) is 5.69 Å². The lowest BCUT2D eigenvalue weighted by Gasteiger charge is -2.39. The third-order valence-corrected chi connectivity index (χ3v) is 8.63. The number of fused-ring (bicyclic) bond motifs is 1. The van der Waals surface area contributed by atoms with Crippen molar-refractivity contribution in [3.05, 3.63) is 71.0 Å². The zero-order valence-corrected chi connectivity index (χ0v) is 22.3. The average Bonchev–Trinajstić information content (AvgIpc) is 2.82. The molecule has 1 aliphatic carbocycles. The molecule has 0 aromatic heterocycles. The van der Waals surface area contributed by atoms with Gasteiger partial charge in [0.2, 0.25) is 0 Å². The summed E-state index contributed by atoms with van der Waals surface area (Å²) in [6.45, 7) is 5.97. The number of carbonyl (C=O) groups excluding carboxylic acids is 1. The highest BCUT2D eigenvalue weighted by Crippen LogP contribution is 2.47. The number of hydrogen-bond acceptors (Lipinski definition) is 6. The molecule has 7 nitrogen and oxygen atoms in total. The Morgan fingerprint density at radius 3 is 2.38 bits per heavy atom. The number of benzene rings is 2. The zero-order valence-electron chi connectivity index (χ0n) is 21.5. The van der Waals surface area contributed by atoms with Crippen molar-refractivity contribution in [2.45, 2.75) is 76.2 Å². The molecule has 0 saturated heterocycles. The van der Waals surface area contributed by atoms with Gasteiger partial charge in [0, 0.05) is 11.6 Å². The number of aliphatic hydroxyl groups is 1. The molecule has 1 heterocycles. The van der Waals surface area contributed by atoms with Gasteiger partial charge in [-0.15, -0.1) is 0 Å². The molecule has 3 atom stereocenters. The zero-order chi connectivity index (χ0) is 26.8. The van der Waals surface area contributed by atoms with Gasteiger partial charge in [0.1, 0.15) is 11.9 Å². The molecule has 1 aliphatic heterocycles. The van der Waals surface area contributed by atoms with Gasteiger partial charge >= 0.3 is 5.97 Å². The molecule has 0 amide bonds. The SMILES string of the molecule is CC(C)(C)C(C1=C(O)C2CCCCCCC2OC1=O)c1cccc(NS(=O)(=O)c2ccc(C#N)cc2)c1. The lowest BCUT2D eigenvalue weighted by molar-refractivity contribution is -0.152. The molecule has 0 radical (unpaired) electrons. The van der Waals surface area contributed by atoms with E-state index >= 15 is 0 Å². The summed E-state index contributed by atoms with van der Waals surface area (Å²) < 4.78 is 34.5. The Kier molecular flexibility index (Phi) is 7.65. The second kappa shape index (κ2) is 10.6. The maximum Gasteiger partial charge on any atom is 0.338 e. The number of esters is 1. The van der Waals surface area contributed by atoms with Gasteiger partial charge in [0.05, 0.1) is 28.0 Å². The molecule has 0 bridgehead atoms. The third kappa shape index (κ3) is 5.83. The lowest BCUT2D eigenvalue weighted by atomic mass is 9.69. The first-order valence-electron chi connectivity index (χ1n) is 12.8. The molecule has 4 rings (SSSR count). The predicted molar refractivity (Wildman–Crippen MR) is 141 cm³/mol. The minimum Gasteiger partial charge on any atom is -0.511 e. The van der Waals surface area contributed by atoms with Gasteiger partial charge in [0.25, 0.3) is 10.0 Å². The number of anilines is 1. The van der Waals surface area contributed by atoms with Crippen molar-refractivity contribution >= 4 is 21.7 Å². The number of nitrogens with one attached hydrogen (secondary N) is 1. The number of nitriles is 1. The Morgan fingerprint density at radius 2 is 1.73 bits per heavy atom. The molecule has 2 aliphatic rings. The highest BCUT2D eigenvalue weighted by atomic mass is 32.2. The summed E-state index contributed by atoms with van der Waals surface area (Å²) in [5.41, 5.74) is 1.20. The topological polar surface area (TPSA) is 116 Å². The number of sulfonamides is 1. The lowest BCUT2D eigenvalue weighted by Crippen LogP contribution is -2.39. The van der Waals surface area contributed by atoms with Gasteiger partial charge < -0.3 is 9.84 Å². The summed E-state index contributed by atoms with van der Waals surface area (Å²) in [7, 11) is -3.90. The largest absolute Gasteiger partial charge is 0.511 e. The van der Waals surface area contributed by atoms with Crippen molar-refractivity contribution in [1.82, 2.24) is 0 Å². The fourth-order valence-electron chi connectivity index (χ4n) is 5.48. The second-order valence-corrected chi connectivity index (χ2v) is 12.7. The smallest absolute Gasteiger partial charge is 0.338 e. The molecule has 2 N–H and O–H groups in total. The van der Waals surface area contributed by atoms with Gasteiger partial charge in [-0.1, -0.05) is 52.2 Å². The fraction of sp³-hybridized carbons (Fsp3) is 0.448. The van der Waals surface area contributed by atoms with Crippen LogP contribution in [0.2, 0.25) is 0 Å². The van der Waals surface area contributed by atoms with Crippen LogP contribution in [0.5, 0.6) is 0 Å². The Bertz CT molecular complexity index is 1330. The molecule has 37 heavy (non-hydrogen) atoms. The van der Waals surface area contributed by atoms with Crippen molar-refractivity contribution in [3.63, 3.8) is 0 Å². The molecule has 2 aromatic rings. The standard InChI is InChI=1S/C29H34N2O5S/c1-29(2,3)26(25-27(32)23-11-6-4-5-7-12-24(23)36-28(25)33)20-9-8-10-21(17-20)31-37(34,35)22-15-13-19(18-30)14-16-22/h8-10,13-17,23-24,26,31-32H,4-7,11-12H2,1-3H3. The molecular formula is C29H34N2O5S. The molecule has 1 saturated carbocycles. The summed E-state index contributed by atoms with van der Waals surface area (Å²) >= 11 is 0. The summed E-state index contributed by atoms with van der Waals surface area (Å²) in [5.74, 6) is -1.10. The van der Waals surface area contributed by atoms with Crippen LogP contribution in [0.15, 0.2) is 64.8 Å². The third-order valence-electron chi connectivity index (χ3n) is 7.23. The van der Waals surface area contributed by atoms with Crippen LogP contribution in [0, 0.1) is 22.7 Å². The van der Waals surface area contributed by atoms with Crippen LogP contribution < -0.4 is 4.72 Å². The molecule has 8 heteroatoms. The maximum atomic E-state index is 13.3. The molecule has 1 fully saturated rings. The quantitative estimate of drug-likeness (QED) is 0.452. The van der Waals surface area contributed by atoms with E-state index in [9.17, 15) is 18.3 Å². The van der Waals surface area contributed by atoms with Crippen molar-refractivity contribution < 1.29 is 23.1 Å². The molecule has 3 unspecified atom stereocenters. The van der Waals surface area contributed by atoms with Crippen LogP contribution >= 0.6 is 0 Å². The molecular weight excluding hydrogens is 488 g/mol. The van der Waals surface area contributed by atoms with E-state index in [2.05, 4.69) is 4.72 Å².